The molecule has 0 saturated heterocycles. The smallest absolute Gasteiger partial charge is 0.139 e. The van der Waals surface area contributed by atoms with Crippen molar-refractivity contribution in [1.82, 2.24) is 0 Å². The fourth-order valence-electron chi connectivity index (χ4n) is 3.00. The SMILES string of the molecule is NCCc1c2oc3ccccc3cc-2c2ccccc12. The average Bonchev–Trinajstić information content (AvgIpc) is 2.80. The molecule has 0 radical (unpaired) electrons. The molecule has 1 aliphatic heterocycles. The summed E-state index contributed by atoms with van der Waals surface area (Å²) in [6, 6.07) is 18.8. The maximum atomic E-state index is 6.16. The van der Waals surface area contributed by atoms with Gasteiger partial charge >= 0.3 is 0 Å². The maximum Gasteiger partial charge on any atom is 0.139 e. The Morgan fingerprint density at radius 2 is 1.65 bits per heavy atom. The third kappa shape index (κ3) is 1.55. The summed E-state index contributed by atoms with van der Waals surface area (Å²) in [6.45, 7) is 0.630. The molecule has 0 fully saturated rings. The molecule has 2 aromatic rings. The number of hydrogen-bond donors (Lipinski definition) is 1. The van der Waals surface area contributed by atoms with Gasteiger partial charge in [-0.05, 0) is 35.9 Å². The molecule has 2 aliphatic rings. The van der Waals surface area contributed by atoms with Crippen LogP contribution in [-0.2, 0) is 6.42 Å². The molecule has 0 aromatic heterocycles. The molecule has 2 heteroatoms. The number of rotatable bonds is 2. The first-order valence-corrected chi connectivity index (χ1v) is 6.90. The van der Waals surface area contributed by atoms with Crippen LogP contribution in [0.1, 0.15) is 5.56 Å². The van der Waals surface area contributed by atoms with E-state index in [2.05, 4.69) is 36.4 Å². The van der Waals surface area contributed by atoms with Crippen LogP contribution in [0.3, 0.4) is 0 Å². The number of hydrogen-bond acceptors (Lipinski definition) is 2. The van der Waals surface area contributed by atoms with Crippen LogP contribution >= 0.6 is 0 Å². The van der Waals surface area contributed by atoms with Crippen molar-refractivity contribution in [3.8, 4) is 11.3 Å². The van der Waals surface area contributed by atoms with Gasteiger partial charge in [-0.2, -0.15) is 0 Å². The Morgan fingerprint density at radius 3 is 2.50 bits per heavy atom. The van der Waals surface area contributed by atoms with E-state index in [-0.39, 0.29) is 0 Å². The zero-order valence-electron chi connectivity index (χ0n) is 11.1. The molecular formula is C18H15NO. The van der Waals surface area contributed by atoms with Gasteiger partial charge in [-0.25, -0.2) is 0 Å². The molecule has 2 nitrogen and oxygen atoms in total. The summed E-state index contributed by atoms with van der Waals surface area (Å²) in [5.74, 6) is 0.982. The summed E-state index contributed by atoms with van der Waals surface area (Å²) < 4.78 is 6.16. The summed E-state index contributed by atoms with van der Waals surface area (Å²) in [5.41, 5.74) is 9.11. The lowest BCUT2D eigenvalue weighted by atomic mass is 10.1. The Balaban J connectivity index is 2.19. The van der Waals surface area contributed by atoms with Gasteiger partial charge in [0.1, 0.15) is 11.3 Å². The van der Waals surface area contributed by atoms with Gasteiger partial charge in [-0.15, -0.1) is 0 Å². The third-order valence-corrected chi connectivity index (χ3v) is 3.89. The summed E-state index contributed by atoms with van der Waals surface area (Å²) in [6.07, 6.45) is 0.839. The van der Waals surface area contributed by atoms with E-state index in [0.29, 0.717) is 6.54 Å². The highest BCUT2D eigenvalue weighted by Gasteiger charge is 2.19. The van der Waals surface area contributed by atoms with E-state index in [1.54, 1.807) is 0 Å². The summed E-state index contributed by atoms with van der Waals surface area (Å²) in [7, 11) is 0. The van der Waals surface area contributed by atoms with Crippen molar-refractivity contribution < 1.29 is 4.42 Å². The average molecular weight is 261 g/mol. The molecule has 0 unspecified atom stereocenters. The van der Waals surface area contributed by atoms with Gasteiger partial charge in [0.2, 0.25) is 0 Å². The van der Waals surface area contributed by atoms with E-state index in [4.69, 9.17) is 10.2 Å². The molecule has 0 bridgehead atoms. The lowest BCUT2D eigenvalue weighted by Crippen LogP contribution is -2.02. The van der Waals surface area contributed by atoms with Crippen molar-refractivity contribution >= 4 is 21.7 Å². The van der Waals surface area contributed by atoms with E-state index in [1.807, 2.05) is 18.2 Å². The Bertz CT molecular complexity index is 875. The Labute approximate surface area is 117 Å². The number of para-hydroxylation sites is 1. The van der Waals surface area contributed by atoms with Gasteiger partial charge in [0.15, 0.2) is 0 Å². The van der Waals surface area contributed by atoms with Gasteiger partial charge < -0.3 is 10.2 Å². The van der Waals surface area contributed by atoms with Crippen molar-refractivity contribution in [3.05, 3.63) is 60.2 Å². The molecule has 0 spiro atoms. The molecular weight excluding hydrogens is 246 g/mol. The number of fused-ring (bicyclic) bond motifs is 4. The summed E-state index contributed by atoms with van der Waals surface area (Å²) in [4.78, 5) is 0. The van der Waals surface area contributed by atoms with Gasteiger partial charge in [-0.1, -0.05) is 42.5 Å². The van der Waals surface area contributed by atoms with Crippen molar-refractivity contribution in [1.29, 1.82) is 0 Å². The molecule has 1 heterocycles. The van der Waals surface area contributed by atoms with E-state index in [9.17, 15) is 0 Å². The largest absolute Gasteiger partial charge is 0.456 e. The molecule has 1 aliphatic carbocycles. The van der Waals surface area contributed by atoms with Gasteiger partial charge in [0.25, 0.3) is 0 Å². The van der Waals surface area contributed by atoms with Crippen molar-refractivity contribution in [3.63, 3.8) is 0 Å². The summed E-state index contributed by atoms with van der Waals surface area (Å²) >= 11 is 0. The highest BCUT2D eigenvalue weighted by atomic mass is 16.3. The van der Waals surface area contributed by atoms with Crippen LogP contribution in [0.4, 0.5) is 0 Å². The highest BCUT2D eigenvalue weighted by Crippen LogP contribution is 2.41. The molecule has 98 valence electrons. The lowest BCUT2D eigenvalue weighted by Gasteiger charge is -2.05. The fraction of sp³-hybridized carbons (Fsp3) is 0.111. The highest BCUT2D eigenvalue weighted by molar-refractivity contribution is 6.06. The number of benzene rings is 2. The van der Waals surface area contributed by atoms with Crippen LogP contribution in [-0.4, -0.2) is 6.54 Å². The Morgan fingerprint density at radius 1 is 0.900 bits per heavy atom. The lowest BCUT2D eigenvalue weighted by molar-refractivity contribution is 0.615. The normalized spacial score (nSPS) is 11.7. The Hall–Kier alpha value is -2.32. The van der Waals surface area contributed by atoms with E-state index < -0.39 is 0 Å². The van der Waals surface area contributed by atoms with Crippen molar-refractivity contribution in [2.45, 2.75) is 6.42 Å². The third-order valence-electron chi connectivity index (χ3n) is 3.89. The molecule has 0 saturated carbocycles. The van der Waals surface area contributed by atoms with Crippen molar-refractivity contribution in [2.75, 3.05) is 6.54 Å². The van der Waals surface area contributed by atoms with Crippen LogP contribution < -0.4 is 5.73 Å². The minimum Gasteiger partial charge on any atom is -0.456 e. The van der Waals surface area contributed by atoms with Crippen LogP contribution in [0, 0.1) is 0 Å². The van der Waals surface area contributed by atoms with Crippen LogP contribution in [0.2, 0.25) is 0 Å². The quantitative estimate of drug-likeness (QED) is 0.587. The molecule has 20 heavy (non-hydrogen) atoms. The first-order chi connectivity index (χ1) is 9.88. The van der Waals surface area contributed by atoms with Crippen LogP contribution in [0.25, 0.3) is 33.1 Å². The topological polar surface area (TPSA) is 39.2 Å². The van der Waals surface area contributed by atoms with Gasteiger partial charge in [-0.3, -0.25) is 0 Å². The monoisotopic (exact) mass is 261 g/mol. The second-order valence-electron chi connectivity index (χ2n) is 5.09. The maximum absolute atomic E-state index is 6.16. The molecule has 2 N–H and O–H groups in total. The van der Waals surface area contributed by atoms with Crippen LogP contribution in [0.15, 0.2) is 59.0 Å². The van der Waals surface area contributed by atoms with Crippen LogP contribution in [0.5, 0.6) is 0 Å². The molecule has 2 aromatic carbocycles. The predicted molar refractivity (Wildman–Crippen MR) is 83.1 cm³/mol. The number of nitrogens with two attached hydrogens (primary N) is 1. The van der Waals surface area contributed by atoms with Gasteiger partial charge in [0.05, 0.1) is 0 Å². The van der Waals surface area contributed by atoms with E-state index >= 15 is 0 Å². The zero-order chi connectivity index (χ0) is 13.5. The second-order valence-corrected chi connectivity index (χ2v) is 5.09. The Kier molecular flexibility index (Phi) is 2.51. The minimum absolute atomic E-state index is 0.630. The van der Waals surface area contributed by atoms with Crippen molar-refractivity contribution in [2.24, 2.45) is 5.73 Å². The van der Waals surface area contributed by atoms with Gasteiger partial charge in [0, 0.05) is 16.5 Å². The molecule has 0 amide bonds. The fourth-order valence-corrected chi connectivity index (χ4v) is 3.00. The van der Waals surface area contributed by atoms with E-state index in [1.165, 1.54) is 21.9 Å². The first-order valence-electron chi connectivity index (χ1n) is 6.90. The molecule has 0 atom stereocenters. The molecule has 4 rings (SSSR count). The first kappa shape index (κ1) is 11.5. The van der Waals surface area contributed by atoms with E-state index in [0.717, 1.165) is 23.2 Å². The predicted octanol–water partition coefficient (Wildman–Crippen LogP) is 4.19. The zero-order valence-corrected chi connectivity index (χ0v) is 11.1. The standard InChI is InChI=1S/C18H15NO/c19-10-9-15-13-6-2-3-7-14(13)16-11-12-5-1-4-8-17(12)20-18(15)16/h1-8,11H,9-10,19H2. The second kappa shape index (κ2) is 4.36. The minimum atomic E-state index is 0.630. The summed E-state index contributed by atoms with van der Waals surface area (Å²) in [5, 5.41) is 3.64.